The molecule has 0 aliphatic heterocycles. The Bertz CT molecular complexity index is 776. The van der Waals surface area contributed by atoms with Crippen molar-refractivity contribution in [1.29, 1.82) is 0 Å². The lowest BCUT2D eigenvalue weighted by Crippen LogP contribution is -2.14. The first-order chi connectivity index (χ1) is 9.66. The first-order valence-electron chi connectivity index (χ1n) is 6.02. The predicted molar refractivity (Wildman–Crippen MR) is 78.0 cm³/mol. The predicted octanol–water partition coefficient (Wildman–Crippen LogP) is 3.17. The highest BCUT2D eigenvalue weighted by atomic mass is 35.5. The van der Waals surface area contributed by atoms with Crippen LogP contribution in [0, 0.1) is 6.92 Å². The van der Waals surface area contributed by atoms with E-state index in [1.807, 2.05) is 31.2 Å². The average Bonchev–Trinajstić information content (AvgIpc) is 2.87. The Hall–Kier alpha value is -2.40. The molecule has 0 unspecified atom stereocenters. The molecule has 2 aromatic heterocycles. The van der Waals surface area contributed by atoms with Crippen LogP contribution in [-0.4, -0.2) is 21.1 Å². The molecule has 3 rings (SSSR count). The number of para-hydroxylation sites is 1. The first kappa shape index (κ1) is 12.6. The lowest BCUT2D eigenvalue weighted by molar-refractivity contribution is 0.102. The summed E-state index contributed by atoms with van der Waals surface area (Å²) in [5.74, 6) is -0.319. The van der Waals surface area contributed by atoms with Gasteiger partial charge in [-0.15, -0.1) is 0 Å². The number of halogens is 1. The van der Waals surface area contributed by atoms with Crippen molar-refractivity contribution in [3.63, 3.8) is 0 Å². The molecule has 0 radical (unpaired) electrons. The molecule has 1 aromatic carbocycles. The number of hydrogen-bond acceptors (Lipinski definition) is 3. The fraction of sp³-hybridized carbons (Fsp3) is 0.0714. The van der Waals surface area contributed by atoms with Gasteiger partial charge >= 0.3 is 0 Å². The summed E-state index contributed by atoms with van der Waals surface area (Å²) in [6, 6.07) is 9.22. The number of carbonyl (C=O) groups is 1. The van der Waals surface area contributed by atoms with Gasteiger partial charge in [0.2, 0.25) is 0 Å². The van der Waals surface area contributed by atoms with E-state index in [-0.39, 0.29) is 11.1 Å². The van der Waals surface area contributed by atoms with Crippen molar-refractivity contribution < 1.29 is 4.79 Å². The number of anilines is 1. The Morgan fingerprint density at radius 1 is 1.30 bits per heavy atom. The lowest BCUT2D eigenvalue weighted by atomic mass is 10.2. The number of rotatable bonds is 2. The molecule has 5 nitrogen and oxygen atoms in total. The monoisotopic (exact) mass is 286 g/mol. The molecule has 1 amide bonds. The summed E-state index contributed by atoms with van der Waals surface area (Å²) in [4.78, 5) is 16.3. The molecule has 0 fully saturated rings. The minimum absolute atomic E-state index is 0.262. The molecule has 0 aliphatic rings. The highest BCUT2D eigenvalue weighted by Gasteiger charge is 2.16. The third-order valence-electron chi connectivity index (χ3n) is 3.04. The molecule has 100 valence electrons. The van der Waals surface area contributed by atoms with Crippen LogP contribution < -0.4 is 5.32 Å². The van der Waals surface area contributed by atoms with Crippen LogP contribution >= 0.6 is 11.6 Å². The van der Waals surface area contributed by atoms with E-state index in [2.05, 4.69) is 20.5 Å². The van der Waals surface area contributed by atoms with Gasteiger partial charge in [0.05, 0.1) is 11.2 Å². The number of carbonyl (C=O) groups excluding carboxylic acids is 1. The van der Waals surface area contributed by atoms with Crippen LogP contribution in [0.25, 0.3) is 10.9 Å². The van der Waals surface area contributed by atoms with Crippen molar-refractivity contribution in [2.45, 2.75) is 6.92 Å². The molecular weight excluding hydrogens is 276 g/mol. The number of H-pyrrole nitrogens is 1. The number of aryl methyl sites for hydroxylation is 1. The van der Waals surface area contributed by atoms with Crippen molar-refractivity contribution >= 4 is 34.1 Å². The summed E-state index contributed by atoms with van der Waals surface area (Å²) in [6.45, 7) is 1.85. The average molecular weight is 287 g/mol. The van der Waals surface area contributed by atoms with Crippen molar-refractivity contribution in [2.75, 3.05) is 5.32 Å². The molecular formula is C14H11ClN4O. The number of hydrogen-bond donors (Lipinski definition) is 2. The van der Waals surface area contributed by atoms with Crippen molar-refractivity contribution in [2.24, 2.45) is 0 Å². The number of nitrogens with zero attached hydrogens (tertiary/aromatic N) is 2. The zero-order valence-electron chi connectivity index (χ0n) is 10.6. The first-order valence-corrected chi connectivity index (χ1v) is 6.40. The Kier molecular flexibility index (Phi) is 3.12. The van der Waals surface area contributed by atoms with Crippen LogP contribution in [0.5, 0.6) is 0 Å². The van der Waals surface area contributed by atoms with Gasteiger partial charge in [-0.05, 0) is 24.6 Å². The van der Waals surface area contributed by atoms with Gasteiger partial charge in [0.15, 0.2) is 10.8 Å². The number of aromatic nitrogens is 3. The Morgan fingerprint density at radius 2 is 2.10 bits per heavy atom. The Labute approximate surface area is 120 Å². The maximum atomic E-state index is 12.3. The van der Waals surface area contributed by atoms with Crippen LogP contribution in [0.1, 0.15) is 16.1 Å². The zero-order chi connectivity index (χ0) is 14.1. The number of aromatic amines is 1. The maximum absolute atomic E-state index is 12.3. The van der Waals surface area contributed by atoms with E-state index < -0.39 is 0 Å². The Morgan fingerprint density at radius 3 is 2.90 bits per heavy atom. The van der Waals surface area contributed by atoms with Crippen molar-refractivity contribution in [3.05, 3.63) is 52.9 Å². The quantitative estimate of drug-likeness (QED) is 0.711. The molecule has 6 heteroatoms. The van der Waals surface area contributed by atoms with Crippen LogP contribution in [0.15, 0.2) is 36.5 Å². The normalized spacial score (nSPS) is 10.7. The molecule has 2 heterocycles. The van der Waals surface area contributed by atoms with Gasteiger partial charge in [-0.1, -0.05) is 29.8 Å². The molecule has 0 aliphatic carbocycles. The van der Waals surface area contributed by atoms with Gasteiger partial charge in [-0.3, -0.25) is 9.89 Å². The second kappa shape index (κ2) is 4.94. The molecule has 3 aromatic rings. The van der Waals surface area contributed by atoms with Gasteiger partial charge in [0.25, 0.3) is 5.91 Å². The van der Waals surface area contributed by atoms with Gasteiger partial charge in [0.1, 0.15) is 0 Å². The largest absolute Gasteiger partial charge is 0.318 e. The number of benzene rings is 1. The van der Waals surface area contributed by atoms with Gasteiger partial charge in [-0.25, -0.2) is 4.98 Å². The zero-order valence-corrected chi connectivity index (χ0v) is 11.4. The fourth-order valence-corrected chi connectivity index (χ4v) is 2.24. The Balaban J connectivity index is 1.98. The van der Waals surface area contributed by atoms with Crippen LogP contribution in [0.2, 0.25) is 5.15 Å². The maximum Gasteiger partial charge on any atom is 0.276 e. The summed E-state index contributed by atoms with van der Waals surface area (Å²) in [6.07, 6.45) is 1.59. The van der Waals surface area contributed by atoms with E-state index in [1.165, 1.54) is 0 Å². The van der Waals surface area contributed by atoms with Gasteiger partial charge in [0, 0.05) is 11.6 Å². The summed E-state index contributed by atoms with van der Waals surface area (Å²) >= 11 is 6.00. The fourth-order valence-electron chi connectivity index (χ4n) is 1.98. The molecule has 20 heavy (non-hydrogen) atoms. The van der Waals surface area contributed by atoms with E-state index >= 15 is 0 Å². The number of pyridine rings is 1. The smallest absolute Gasteiger partial charge is 0.276 e. The van der Waals surface area contributed by atoms with E-state index in [0.29, 0.717) is 11.4 Å². The van der Waals surface area contributed by atoms with E-state index in [9.17, 15) is 4.79 Å². The molecule has 0 saturated heterocycles. The van der Waals surface area contributed by atoms with Gasteiger partial charge in [-0.2, -0.15) is 5.10 Å². The van der Waals surface area contributed by atoms with Crippen LogP contribution in [-0.2, 0) is 0 Å². The van der Waals surface area contributed by atoms with Crippen LogP contribution in [0.3, 0.4) is 0 Å². The highest BCUT2D eigenvalue weighted by molar-refractivity contribution is 6.33. The minimum atomic E-state index is -0.319. The minimum Gasteiger partial charge on any atom is -0.318 e. The van der Waals surface area contributed by atoms with Crippen molar-refractivity contribution in [3.8, 4) is 0 Å². The second-order valence-corrected chi connectivity index (χ2v) is 4.72. The standard InChI is InChI=1S/C14H11ClN4O/c1-8-6-7-16-13(15)11(8)17-14(20)12-9-4-2-3-5-10(9)18-19-12/h2-7H,1H3,(H,17,20)(H,18,19). The molecule has 0 spiro atoms. The van der Waals surface area contributed by atoms with Crippen LogP contribution in [0.4, 0.5) is 5.69 Å². The molecule has 2 N–H and O–H groups in total. The summed E-state index contributed by atoms with van der Waals surface area (Å²) in [7, 11) is 0. The van der Waals surface area contributed by atoms with E-state index in [0.717, 1.165) is 16.5 Å². The topological polar surface area (TPSA) is 70.7 Å². The van der Waals surface area contributed by atoms with Crippen molar-refractivity contribution in [1.82, 2.24) is 15.2 Å². The molecule has 0 saturated carbocycles. The third kappa shape index (κ3) is 2.12. The summed E-state index contributed by atoms with van der Waals surface area (Å²) in [5, 5.41) is 10.7. The summed E-state index contributed by atoms with van der Waals surface area (Å²) in [5.41, 5.74) is 2.50. The molecule has 0 atom stereocenters. The van der Waals surface area contributed by atoms with E-state index in [1.54, 1.807) is 12.3 Å². The van der Waals surface area contributed by atoms with E-state index in [4.69, 9.17) is 11.6 Å². The highest BCUT2D eigenvalue weighted by Crippen LogP contribution is 2.24. The number of amides is 1. The number of fused-ring (bicyclic) bond motifs is 1. The third-order valence-corrected chi connectivity index (χ3v) is 3.32. The second-order valence-electron chi connectivity index (χ2n) is 4.37. The number of nitrogens with one attached hydrogen (secondary N) is 2. The van der Waals surface area contributed by atoms with Gasteiger partial charge < -0.3 is 5.32 Å². The molecule has 0 bridgehead atoms. The summed E-state index contributed by atoms with van der Waals surface area (Å²) < 4.78 is 0. The lowest BCUT2D eigenvalue weighted by Gasteiger charge is -2.08. The SMILES string of the molecule is Cc1ccnc(Cl)c1NC(=O)c1n[nH]c2ccccc12.